The van der Waals surface area contributed by atoms with Crippen LogP contribution < -0.4 is 0 Å². The van der Waals surface area contributed by atoms with Crippen LogP contribution >= 0.6 is 0 Å². The molecule has 0 radical (unpaired) electrons. The molecule has 0 saturated heterocycles. The van der Waals surface area contributed by atoms with Crippen LogP contribution in [-0.2, 0) is 6.42 Å². The molecule has 0 aromatic heterocycles. The number of hydrogen-bond donors (Lipinski definition) is 0. The molecular weight excluding hydrogens is 220 g/mol. The van der Waals surface area contributed by atoms with Crippen LogP contribution in [0.1, 0.15) is 41.3 Å². The summed E-state index contributed by atoms with van der Waals surface area (Å²) in [7, 11) is 0. The highest BCUT2D eigenvalue weighted by molar-refractivity contribution is 5.97. The van der Waals surface area contributed by atoms with Crippen molar-refractivity contribution in [2.24, 2.45) is 0 Å². The smallest absolute Gasteiger partial charge is 0.163 e. The minimum absolute atomic E-state index is 0.254. The summed E-state index contributed by atoms with van der Waals surface area (Å²) in [6.07, 6.45) is 2.36. The van der Waals surface area contributed by atoms with Crippen molar-refractivity contribution in [2.45, 2.75) is 26.2 Å². The summed E-state index contributed by atoms with van der Waals surface area (Å²) in [6.45, 7) is 2.04. The molecule has 0 aliphatic rings. The Morgan fingerprint density at radius 1 is 0.944 bits per heavy atom. The molecule has 0 amide bonds. The molecule has 0 fully saturated rings. The van der Waals surface area contributed by atoms with Crippen LogP contribution in [0.3, 0.4) is 0 Å². The summed E-state index contributed by atoms with van der Waals surface area (Å²) >= 11 is 0. The summed E-state index contributed by atoms with van der Waals surface area (Å²) in [5.41, 5.74) is 3.25. The van der Waals surface area contributed by atoms with E-state index < -0.39 is 0 Å². The van der Waals surface area contributed by atoms with Gasteiger partial charge in [-0.05, 0) is 24.0 Å². The predicted molar refractivity (Wildman–Crippen MR) is 74.9 cm³/mol. The number of carbonyl (C=O) groups excluding carboxylic acids is 1. The zero-order chi connectivity index (χ0) is 12.8. The van der Waals surface area contributed by atoms with Gasteiger partial charge >= 0.3 is 0 Å². The summed E-state index contributed by atoms with van der Waals surface area (Å²) in [4.78, 5) is 12.1. The molecule has 0 bridgehead atoms. The standard InChI is InChI=1S/C17H18O/c1-2-8-17(18)16-12-7-6-11-15(16)13-14-9-4-3-5-10-14/h3-7,9-12H,2,8,13H2,1H3. The van der Waals surface area contributed by atoms with Gasteiger partial charge in [-0.3, -0.25) is 4.79 Å². The van der Waals surface area contributed by atoms with E-state index in [9.17, 15) is 4.79 Å². The topological polar surface area (TPSA) is 17.1 Å². The normalized spacial score (nSPS) is 10.3. The molecule has 92 valence electrons. The lowest BCUT2D eigenvalue weighted by atomic mass is 9.96. The Hall–Kier alpha value is -1.89. The quantitative estimate of drug-likeness (QED) is 0.711. The van der Waals surface area contributed by atoms with E-state index >= 15 is 0 Å². The first kappa shape index (κ1) is 12.6. The van der Waals surface area contributed by atoms with Crippen LogP contribution in [-0.4, -0.2) is 5.78 Å². The van der Waals surface area contributed by atoms with E-state index in [1.165, 1.54) is 5.56 Å². The van der Waals surface area contributed by atoms with Gasteiger partial charge in [0.25, 0.3) is 0 Å². The van der Waals surface area contributed by atoms with E-state index in [4.69, 9.17) is 0 Å². The van der Waals surface area contributed by atoms with E-state index in [1.54, 1.807) is 0 Å². The van der Waals surface area contributed by atoms with Gasteiger partial charge in [0.2, 0.25) is 0 Å². The summed E-state index contributed by atoms with van der Waals surface area (Å²) < 4.78 is 0. The van der Waals surface area contributed by atoms with Crippen molar-refractivity contribution in [3.05, 3.63) is 71.3 Å². The van der Waals surface area contributed by atoms with Crippen LogP contribution in [0.4, 0.5) is 0 Å². The minimum Gasteiger partial charge on any atom is -0.294 e. The van der Waals surface area contributed by atoms with Crippen LogP contribution in [0.15, 0.2) is 54.6 Å². The van der Waals surface area contributed by atoms with Crippen molar-refractivity contribution in [2.75, 3.05) is 0 Å². The van der Waals surface area contributed by atoms with E-state index in [-0.39, 0.29) is 5.78 Å². The van der Waals surface area contributed by atoms with Gasteiger partial charge in [-0.15, -0.1) is 0 Å². The van der Waals surface area contributed by atoms with Crippen LogP contribution in [0.2, 0.25) is 0 Å². The molecule has 0 aliphatic heterocycles. The van der Waals surface area contributed by atoms with E-state index in [0.717, 1.165) is 24.0 Å². The Labute approximate surface area is 108 Å². The maximum absolute atomic E-state index is 12.1. The van der Waals surface area contributed by atoms with Gasteiger partial charge in [0.1, 0.15) is 0 Å². The molecule has 0 saturated carbocycles. The first-order chi connectivity index (χ1) is 8.81. The lowest BCUT2D eigenvalue weighted by Crippen LogP contribution is -2.03. The average Bonchev–Trinajstić information content (AvgIpc) is 2.41. The second-order valence-corrected chi connectivity index (χ2v) is 4.49. The molecule has 0 atom stereocenters. The van der Waals surface area contributed by atoms with Crippen molar-refractivity contribution in [1.82, 2.24) is 0 Å². The third-order valence-electron chi connectivity index (χ3n) is 3.03. The van der Waals surface area contributed by atoms with Gasteiger partial charge in [0, 0.05) is 12.0 Å². The first-order valence-electron chi connectivity index (χ1n) is 6.46. The van der Waals surface area contributed by atoms with Crippen molar-refractivity contribution in [3.63, 3.8) is 0 Å². The molecular formula is C17H18O. The first-order valence-corrected chi connectivity index (χ1v) is 6.46. The van der Waals surface area contributed by atoms with Gasteiger partial charge in [-0.2, -0.15) is 0 Å². The maximum atomic E-state index is 12.1. The number of ketones is 1. The van der Waals surface area contributed by atoms with Crippen molar-refractivity contribution >= 4 is 5.78 Å². The summed E-state index contributed by atoms with van der Waals surface area (Å²) in [5.74, 6) is 0.254. The molecule has 0 unspecified atom stereocenters. The molecule has 0 aliphatic carbocycles. The number of carbonyl (C=O) groups is 1. The fraction of sp³-hybridized carbons (Fsp3) is 0.235. The van der Waals surface area contributed by atoms with Gasteiger partial charge in [-0.1, -0.05) is 61.5 Å². The van der Waals surface area contributed by atoms with Crippen molar-refractivity contribution < 1.29 is 4.79 Å². The van der Waals surface area contributed by atoms with Crippen LogP contribution in [0, 0.1) is 0 Å². The Bertz CT molecular complexity index is 514. The Morgan fingerprint density at radius 3 is 2.33 bits per heavy atom. The highest BCUT2D eigenvalue weighted by atomic mass is 16.1. The van der Waals surface area contributed by atoms with Gasteiger partial charge < -0.3 is 0 Å². The third-order valence-corrected chi connectivity index (χ3v) is 3.03. The number of rotatable bonds is 5. The number of Topliss-reactive ketones (excluding diaryl/α,β-unsaturated/α-hetero) is 1. The molecule has 1 nitrogen and oxygen atoms in total. The molecule has 1 heteroatoms. The summed E-state index contributed by atoms with van der Waals surface area (Å²) in [5, 5.41) is 0. The molecule has 2 rings (SSSR count). The van der Waals surface area contributed by atoms with Crippen molar-refractivity contribution in [1.29, 1.82) is 0 Å². The van der Waals surface area contributed by atoms with Gasteiger partial charge in [0.15, 0.2) is 5.78 Å². The molecule has 18 heavy (non-hydrogen) atoms. The highest BCUT2D eigenvalue weighted by Crippen LogP contribution is 2.16. The fourth-order valence-electron chi connectivity index (χ4n) is 2.12. The molecule has 2 aromatic carbocycles. The summed E-state index contributed by atoms with van der Waals surface area (Å²) in [6, 6.07) is 18.2. The van der Waals surface area contributed by atoms with Gasteiger partial charge in [0.05, 0.1) is 0 Å². The number of hydrogen-bond acceptors (Lipinski definition) is 1. The lowest BCUT2D eigenvalue weighted by molar-refractivity contribution is 0.0981. The Morgan fingerprint density at radius 2 is 1.61 bits per heavy atom. The fourth-order valence-corrected chi connectivity index (χ4v) is 2.12. The second-order valence-electron chi connectivity index (χ2n) is 4.49. The van der Waals surface area contributed by atoms with Crippen LogP contribution in [0.5, 0.6) is 0 Å². The molecule has 2 aromatic rings. The van der Waals surface area contributed by atoms with E-state index in [2.05, 4.69) is 18.2 Å². The SMILES string of the molecule is CCCC(=O)c1ccccc1Cc1ccccc1. The Kier molecular flexibility index (Phi) is 4.30. The monoisotopic (exact) mass is 238 g/mol. The van der Waals surface area contributed by atoms with Crippen LogP contribution in [0.25, 0.3) is 0 Å². The van der Waals surface area contributed by atoms with Crippen molar-refractivity contribution in [3.8, 4) is 0 Å². The zero-order valence-corrected chi connectivity index (χ0v) is 10.7. The zero-order valence-electron chi connectivity index (χ0n) is 10.7. The lowest BCUT2D eigenvalue weighted by Gasteiger charge is -2.08. The predicted octanol–water partition coefficient (Wildman–Crippen LogP) is 4.26. The molecule has 0 N–H and O–H groups in total. The number of benzene rings is 2. The molecule has 0 heterocycles. The largest absolute Gasteiger partial charge is 0.294 e. The average molecular weight is 238 g/mol. The molecule has 0 spiro atoms. The maximum Gasteiger partial charge on any atom is 0.163 e. The highest BCUT2D eigenvalue weighted by Gasteiger charge is 2.09. The second kappa shape index (κ2) is 6.15. The van der Waals surface area contributed by atoms with E-state index in [0.29, 0.717) is 6.42 Å². The minimum atomic E-state index is 0.254. The van der Waals surface area contributed by atoms with E-state index in [1.807, 2.05) is 43.3 Å². The Balaban J connectivity index is 2.25. The third kappa shape index (κ3) is 3.07. The van der Waals surface area contributed by atoms with Gasteiger partial charge in [-0.25, -0.2) is 0 Å².